The fourth-order valence-electron chi connectivity index (χ4n) is 2.16. The van der Waals surface area contributed by atoms with Crippen LogP contribution in [-0.4, -0.2) is 38.1 Å². The molecule has 0 unspecified atom stereocenters. The molecule has 1 aromatic rings. The highest BCUT2D eigenvalue weighted by atomic mass is 16.5. The van der Waals surface area contributed by atoms with Crippen LogP contribution in [0.15, 0.2) is 18.2 Å². The first-order chi connectivity index (χ1) is 9.83. The Hall–Kier alpha value is -1.59. The van der Waals surface area contributed by atoms with Gasteiger partial charge in [0.2, 0.25) is 5.91 Å². The Morgan fingerprint density at radius 1 is 1.38 bits per heavy atom. The van der Waals surface area contributed by atoms with Crippen molar-refractivity contribution in [2.45, 2.75) is 32.9 Å². The highest BCUT2D eigenvalue weighted by Gasteiger charge is 2.17. The zero-order valence-corrected chi connectivity index (χ0v) is 13.6. The molecular formula is C16H27N3O2. The third-order valence-corrected chi connectivity index (χ3v) is 3.08. The number of hydrogen-bond donors (Lipinski definition) is 2. The number of rotatable bonds is 7. The molecule has 0 aliphatic rings. The fraction of sp³-hybridized carbons (Fsp3) is 0.562. The van der Waals surface area contributed by atoms with Crippen LogP contribution in [0.3, 0.4) is 0 Å². The number of carbonyl (C=O) groups is 1. The SMILES string of the molecule is COc1ccc(CN(C)C)cc1NC(=O)[C@H](N)CC(C)C. The molecule has 0 heterocycles. The summed E-state index contributed by atoms with van der Waals surface area (Å²) in [5.41, 5.74) is 7.69. The van der Waals surface area contributed by atoms with E-state index < -0.39 is 6.04 Å². The number of amides is 1. The molecule has 0 saturated carbocycles. The highest BCUT2D eigenvalue weighted by Crippen LogP contribution is 2.26. The van der Waals surface area contributed by atoms with Crippen molar-refractivity contribution >= 4 is 11.6 Å². The number of ether oxygens (including phenoxy) is 1. The van der Waals surface area contributed by atoms with Crippen LogP contribution in [-0.2, 0) is 11.3 Å². The van der Waals surface area contributed by atoms with Gasteiger partial charge < -0.3 is 20.7 Å². The lowest BCUT2D eigenvalue weighted by atomic mass is 10.0. The van der Waals surface area contributed by atoms with Crippen LogP contribution in [0.5, 0.6) is 5.75 Å². The second-order valence-corrected chi connectivity index (χ2v) is 6.00. The second-order valence-electron chi connectivity index (χ2n) is 6.00. The molecule has 0 radical (unpaired) electrons. The summed E-state index contributed by atoms with van der Waals surface area (Å²) >= 11 is 0. The lowest BCUT2D eigenvalue weighted by molar-refractivity contribution is -0.117. The quantitative estimate of drug-likeness (QED) is 0.807. The average molecular weight is 293 g/mol. The summed E-state index contributed by atoms with van der Waals surface area (Å²) in [6.45, 7) is 4.89. The molecule has 1 atom stereocenters. The van der Waals surface area contributed by atoms with Crippen molar-refractivity contribution in [1.82, 2.24) is 4.90 Å². The van der Waals surface area contributed by atoms with Gasteiger partial charge in [-0.05, 0) is 44.1 Å². The number of methoxy groups -OCH3 is 1. The van der Waals surface area contributed by atoms with E-state index in [-0.39, 0.29) is 5.91 Å². The van der Waals surface area contributed by atoms with Gasteiger partial charge in [0, 0.05) is 6.54 Å². The normalized spacial score (nSPS) is 12.6. The topological polar surface area (TPSA) is 67.6 Å². The number of nitrogens with one attached hydrogen (secondary N) is 1. The van der Waals surface area contributed by atoms with Gasteiger partial charge in [-0.15, -0.1) is 0 Å². The Morgan fingerprint density at radius 3 is 2.57 bits per heavy atom. The van der Waals surface area contributed by atoms with Crippen LogP contribution in [0, 0.1) is 5.92 Å². The number of nitrogens with zero attached hydrogens (tertiary/aromatic N) is 1. The van der Waals surface area contributed by atoms with Crippen molar-refractivity contribution in [3.05, 3.63) is 23.8 Å². The van der Waals surface area contributed by atoms with Crippen molar-refractivity contribution in [1.29, 1.82) is 0 Å². The van der Waals surface area contributed by atoms with Gasteiger partial charge in [-0.1, -0.05) is 19.9 Å². The van der Waals surface area contributed by atoms with E-state index in [1.54, 1.807) is 7.11 Å². The molecule has 0 aromatic heterocycles. The van der Waals surface area contributed by atoms with Gasteiger partial charge in [-0.25, -0.2) is 0 Å². The predicted molar refractivity (Wildman–Crippen MR) is 86.4 cm³/mol. The summed E-state index contributed by atoms with van der Waals surface area (Å²) in [7, 11) is 5.59. The lowest BCUT2D eigenvalue weighted by Crippen LogP contribution is -2.36. The molecule has 0 bridgehead atoms. The van der Waals surface area contributed by atoms with E-state index in [1.807, 2.05) is 46.1 Å². The maximum Gasteiger partial charge on any atom is 0.241 e. The zero-order valence-electron chi connectivity index (χ0n) is 13.6. The largest absolute Gasteiger partial charge is 0.495 e. The number of nitrogens with two attached hydrogens (primary N) is 1. The minimum atomic E-state index is -0.507. The molecule has 0 aliphatic heterocycles. The zero-order chi connectivity index (χ0) is 16.0. The Bertz CT molecular complexity index is 473. The van der Waals surface area contributed by atoms with E-state index in [1.165, 1.54) is 0 Å². The Morgan fingerprint density at radius 2 is 2.05 bits per heavy atom. The van der Waals surface area contributed by atoms with E-state index >= 15 is 0 Å². The molecule has 1 aromatic carbocycles. The van der Waals surface area contributed by atoms with E-state index in [0.717, 1.165) is 12.1 Å². The summed E-state index contributed by atoms with van der Waals surface area (Å²) < 4.78 is 5.30. The third kappa shape index (κ3) is 5.73. The summed E-state index contributed by atoms with van der Waals surface area (Å²) in [6, 6.07) is 5.27. The third-order valence-electron chi connectivity index (χ3n) is 3.08. The Balaban J connectivity index is 2.86. The van der Waals surface area contributed by atoms with Crippen molar-refractivity contribution < 1.29 is 9.53 Å². The maximum atomic E-state index is 12.1. The summed E-state index contributed by atoms with van der Waals surface area (Å²) in [5, 5.41) is 2.87. The first-order valence-electron chi connectivity index (χ1n) is 7.21. The van der Waals surface area contributed by atoms with Crippen LogP contribution < -0.4 is 15.8 Å². The number of benzene rings is 1. The van der Waals surface area contributed by atoms with Crippen LogP contribution in [0.25, 0.3) is 0 Å². The van der Waals surface area contributed by atoms with Crippen molar-refractivity contribution in [3.63, 3.8) is 0 Å². The minimum Gasteiger partial charge on any atom is -0.495 e. The number of carbonyl (C=O) groups excluding carboxylic acids is 1. The molecule has 1 rings (SSSR count). The van der Waals surface area contributed by atoms with E-state index in [0.29, 0.717) is 23.8 Å². The molecular weight excluding hydrogens is 266 g/mol. The Labute approximate surface area is 127 Å². The molecule has 3 N–H and O–H groups in total. The summed E-state index contributed by atoms with van der Waals surface area (Å²) in [5.74, 6) is 0.847. The second kappa shape index (κ2) is 8.00. The molecule has 0 aliphatic carbocycles. The van der Waals surface area contributed by atoms with Gasteiger partial charge >= 0.3 is 0 Å². The molecule has 21 heavy (non-hydrogen) atoms. The molecule has 0 fully saturated rings. The molecule has 118 valence electrons. The van der Waals surface area contributed by atoms with Crippen molar-refractivity contribution in [2.75, 3.05) is 26.5 Å². The minimum absolute atomic E-state index is 0.177. The average Bonchev–Trinajstić information content (AvgIpc) is 2.37. The maximum absolute atomic E-state index is 12.1. The van der Waals surface area contributed by atoms with Gasteiger partial charge in [-0.2, -0.15) is 0 Å². The van der Waals surface area contributed by atoms with Crippen LogP contribution >= 0.6 is 0 Å². The summed E-state index contributed by atoms with van der Waals surface area (Å²) in [6.07, 6.45) is 0.658. The van der Waals surface area contributed by atoms with E-state index in [2.05, 4.69) is 10.2 Å². The van der Waals surface area contributed by atoms with Gasteiger partial charge in [0.15, 0.2) is 0 Å². The monoisotopic (exact) mass is 293 g/mol. The smallest absolute Gasteiger partial charge is 0.241 e. The lowest BCUT2D eigenvalue weighted by Gasteiger charge is -2.17. The van der Waals surface area contributed by atoms with E-state index in [4.69, 9.17) is 10.5 Å². The molecule has 5 nitrogen and oxygen atoms in total. The fourth-order valence-corrected chi connectivity index (χ4v) is 2.16. The highest BCUT2D eigenvalue weighted by molar-refractivity contribution is 5.96. The van der Waals surface area contributed by atoms with Gasteiger partial charge in [0.05, 0.1) is 18.8 Å². The Kier molecular flexibility index (Phi) is 6.65. The first kappa shape index (κ1) is 17.5. The van der Waals surface area contributed by atoms with Crippen molar-refractivity contribution in [3.8, 4) is 5.75 Å². The predicted octanol–water partition coefficient (Wildman–Crippen LogP) is 2.07. The van der Waals surface area contributed by atoms with Gasteiger partial charge in [0.1, 0.15) is 5.75 Å². The molecule has 5 heteroatoms. The molecule has 1 amide bonds. The van der Waals surface area contributed by atoms with E-state index in [9.17, 15) is 4.79 Å². The van der Waals surface area contributed by atoms with Gasteiger partial charge in [-0.3, -0.25) is 4.79 Å². The standard InChI is InChI=1S/C16H27N3O2/c1-11(2)8-13(17)16(20)18-14-9-12(10-19(3)4)6-7-15(14)21-5/h6-7,9,11,13H,8,10,17H2,1-5H3,(H,18,20)/t13-/m1/s1. The van der Waals surface area contributed by atoms with Crippen LogP contribution in [0.2, 0.25) is 0 Å². The number of hydrogen-bond acceptors (Lipinski definition) is 4. The number of anilines is 1. The first-order valence-corrected chi connectivity index (χ1v) is 7.21. The van der Waals surface area contributed by atoms with Crippen LogP contribution in [0.4, 0.5) is 5.69 Å². The molecule has 0 spiro atoms. The molecule has 0 saturated heterocycles. The van der Waals surface area contributed by atoms with Crippen molar-refractivity contribution in [2.24, 2.45) is 11.7 Å². The van der Waals surface area contributed by atoms with Gasteiger partial charge in [0.25, 0.3) is 0 Å². The summed E-state index contributed by atoms with van der Waals surface area (Å²) in [4.78, 5) is 14.2. The van der Waals surface area contributed by atoms with Crippen LogP contribution in [0.1, 0.15) is 25.8 Å².